The molecule has 0 atom stereocenters. The van der Waals surface area contributed by atoms with Crippen molar-refractivity contribution in [1.82, 2.24) is 8.85 Å². The average Bonchev–Trinajstić information content (AvgIpc) is 2.19. The molecule has 3 nitrogen and oxygen atoms in total. The van der Waals surface area contributed by atoms with Gasteiger partial charge in [-0.3, -0.25) is 3.53 Å². The van der Waals surface area contributed by atoms with E-state index < -0.39 is 0 Å². The van der Waals surface area contributed by atoms with Crippen LogP contribution in [-0.2, 0) is 6.42 Å². The minimum absolute atomic E-state index is 0.142. The zero-order valence-corrected chi connectivity index (χ0v) is 9.24. The first kappa shape index (κ1) is 10.3. The second-order valence-corrected chi connectivity index (χ2v) is 3.13. The molecule has 0 fully saturated rings. The SMILES string of the molecule is O=C(NI)NCCc1ccccc1. The van der Waals surface area contributed by atoms with E-state index in [1.165, 1.54) is 5.56 Å². The van der Waals surface area contributed by atoms with E-state index in [0.717, 1.165) is 6.42 Å². The number of carbonyl (C=O) groups is 1. The Hall–Kier alpha value is -0.780. The van der Waals surface area contributed by atoms with Crippen molar-refractivity contribution in [2.24, 2.45) is 0 Å². The van der Waals surface area contributed by atoms with Crippen molar-refractivity contribution in [3.63, 3.8) is 0 Å². The highest BCUT2D eigenvalue weighted by atomic mass is 127. The molecule has 1 aromatic carbocycles. The highest BCUT2D eigenvalue weighted by molar-refractivity contribution is 14.1. The number of urea groups is 1. The van der Waals surface area contributed by atoms with E-state index in [0.29, 0.717) is 6.54 Å². The monoisotopic (exact) mass is 290 g/mol. The normalized spacial score (nSPS) is 9.31. The minimum atomic E-state index is -0.142. The fourth-order valence-electron chi connectivity index (χ4n) is 0.998. The van der Waals surface area contributed by atoms with Crippen LogP contribution in [0.5, 0.6) is 0 Å². The molecule has 0 saturated carbocycles. The first-order valence-electron chi connectivity index (χ1n) is 4.01. The van der Waals surface area contributed by atoms with Crippen LogP contribution in [0.15, 0.2) is 30.3 Å². The summed E-state index contributed by atoms with van der Waals surface area (Å²) in [6.45, 7) is 0.666. The van der Waals surface area contributed by atoms with Crippen LogP contribution in [0.3, 0.4) is 0 Å². The Bertz CT molecular complexity index is 264. The molecule has 0 radical (unpaired) electrons. The Morgan fingerprint density at radius 3 is 2.62 bits per heavy atom. The molecule has 0 aliphatic heterocycles. The third kappa shape index (κ3) is 4.12. The molecule has 1 rings (SSSR count). The number of rotatable bonds is 3. The first-order chi connectivity index (χ1) is 6.33. The zero-order chi connectivity index (χ0) is 9.52. The quantitative estimate of drug-likeness (QED) is 0.647. The molecule has 13 heavy (non-hydrogen) atoms. The summed E-state index contributed by atoms with van der Waals surface area (Å²) in [5.41, 5.74) is 1.23. The Kier molecular flexibility index (Phi) is 4.59. The number of halogens is 1. The second kappa shape index (κ2) is 5.80. The second-order valence-electron chi connectivity index (χ2n) is 2.59. The van der Waals surface area contributed by atoms with E-state index in [1.54, 1.807) is 22.9 Å². The van der Waals surface area contributed by atoms with Gasteiger partial charge in [-0.05, 0) is 12.0 Å². The van der Waals surface area contributed by atoms with Crippen molar-refractivity contribution < 1.29 is 4.79 Å². The molecule has 2 N–H and O–H groups in total. The summed E-state index contributed by atoms with van der Waals surface area (Å²) in [7, 11) is 0. The van der Waals surface area contributed by atoms with E-state index in [9.17, 15) is 4.79 Å². The number of hydrogen-bond donors (Lipinski definition) is 2. The van der Waals surface area contributed by atoms with Crippen LogP contribution < -0.4 is 8.85 Å². The molecule has 0 saturated heterocycles. The standard InChI is InChI=1S/C9H11IN2O/c10-12-9(13)11-7-6-8-4-2-1-3-5-8/h1-5H,6-7H2,(H2,11,12,13). The smallest absolute Gasteiger partial charge is 0.323 e. The fourth-order valence-corrected chi connectivity index (χ4v) is 1.19. The van der Waals surface area contributed by atoms with Crippen LogP contribution >= 0.6 is 22.9 Å². The van der Waals surface area contributed by atoms with Gasteiger partial charge in [0.1, 0.15) is 0 Å². The maximum Gasteiger partial charge on any atom is 0.323 e. The molecule has 0 aromatic heterocycles. The van der Waals surface area contributed by atoms with Crippen LogP contribution in [-0.4, -0.2) is 12.6 Å². The fraction of sp³-hybridized carbons (Fsp3) is 0.222. The Morgan fingerprint density at radius 2 is 2.00 bits per heavy atom. The lowest BCUT2D eigenvalue weighted by atomic mass is 10.1. The maximum atomic E-state index is 10.8. The van der Waals surface area contributed by atoms with Gasteiger partial charge in [0.05, 0.1) is 22.9 Å². The summed E-state index contributed by atoms with van der Waals surface area (Å²) in [4.78, 5) is 10.8. The Morgan fingerprint density at radius 1 is 1.31 bits per heavy atom. The molecular formula is C9H11IN2O. The van der Waals surface area contributed by atoms with Crippen LogP contribution in [0.25, 0.3) is 0 Å². The van der Waals surface area contributed by atoms with E-state index in [2.05, 4.69) is 8.85 Å². The van der Waals surface area contributed by atoms with Gasteiger partial charge < -0.3 is 5.32 Å². The van der Waals surface area contributed by atoms with Gasteiger partial charge >= 0.3 is 6.03 Å². The Balaban J connectivity index is 2.24. The summed E-state index contributed by atoms with van der Waals surface area (Å²) in [5.74, 6) is 0. The van der Waals surface area contributed by atoms with Gasteiger partial charge in [0.2, 0.25) is 0 Å². The molecule has 0 aliphatic rings. The lowest BCUT2D eigenvalue weighted by Crippen LogP contribution is -2.30. The van der Waals surface area contributed by atoms with Gasteiger partial charge in [0.25, 0.3) is 0 Å². The van der Waals surface area contributed by atoms with Crippen molar-refractivity contribution in [1.29, 1.82) is 0 Å². The van der Waals surface area contributed by atoms with E-state index in [4.69, 9.17) is 0 Å². The summed E-state index contributed by atoms with van der Waals surface area (Å²) < 4.78 is 2.47. The lowest BCUT2D eigenvalue weighted by molar-refractivity contribution is 0.247. The van der Waals surface area contributed by atoms with Gasteiger partial charge in [0.15, 0.2) is 0 Å². The van der Waals surface area contributed by atoms with Gasteiger partial charge in [-0.15, -0.1) is 0 Å². The van der Waals surface area contributed by atoms with E-state index in [-0.39, 0.29) is 6.03 Å². The molecule has 0 spiro atoms. The molecule has 0 heterocycles. The topological polar surface area (TPSA) is 41.1 Å². The van der Waals surface area contributed by atoms with Gasteiger partial charge in [-0.25, -0.2) is 4.79 Å². The van der Waals surface area contributed by atoms with Crippen molar-refractivity contribution >= 4 is 28.9 Å². The van der Waals surface area contributed by atoms with E-state index >= 15 is 0 Å². The molecule has 2 amide bonds. The molecular weight excluding hydrogens is 279 g/mol. The first-order valence-corrected chi connectivity index (χ1v) is 5.09. The summed E-state index contributed by atoms with van der Waals surface area (Å²) in [5, 5.41) is 2.72. The van der Waals surface area contributed by atoms with Crippen LogP contribution in [0.2, 0.25) is 0 Å². The average molecular weight is 290 g/mol. The number of carbonyl (C=O) groups excluding carboxylic acids is 1. The zero-order valence-electron chi connectivity index (χ0n) is 7.09. The summed E-state index contributed by atoms with van der Waals surface area (Å²) >= 11 is 1.81. The van der Waals surface area contributed by atoms with Crippen LogP contribution in [0.1, 0.15) is 5.56 Å². The highest BCUT2D eigenvalue weighted by Crippen LogP contribution is 1.97. The van der Waals surface area contributed by atoms with Gasteiger partial charge in [-0.2, -0.15) is 0 Å². The molecule has 0 bridgehead atoms. The predicted molar refractivity (Wildman–Crippen MR) is 60.7 cm³/mol. The summed E-state index contributed by atoms with van der Waals surface area (Å²) in [6, 6.07) is 9.92. The minimum Gasteiger partial charge on any atom is -0.337 e. The summed E-state index contributed by atoms with van der Waals surface area (Å²) in [6.07, 6.45) is 0.866. The van der Waals surface area contributed by atoms with Gasteiger partial charge in [-0.1, -0.05) is 30.3 Å². The predicted octanol–water partition coefficient (Wildman–Crippen LogP) is 1.88. The molecule has 1 aromatic rings. The Labute approximate surface area is 91.4 Å². The number of hydrogen-bond acceptors (Lipinski definition) is 1. The number of amides is 2. The largest absolute Gasteiger partial charge is 0.337 e. The molecule has 70 valence electrons. The van der Waals surface area contributed by atoms with Crippen molar-refractivity contribution in [2.45, 2.75) is 6.42 Å². The highest BCUT2D eigenvalue weighted by Gasteiger charge is 1.95. The number of nitrogens with one attached hydrogen (secondary N) is 2. The van der Waals surface area contributed by atoms with Crippen molar-refractivity contribution in [3.05, 3.63) is 35.9 Å². The third-order valence-electron chi connectivity index (χ3n) is 1.63. The maximum absolute atomic E-state index is 10.8. The molecule has 0 unspecified atom stereocenters. The van der Waals surface area contributed by atoms with Crippen molar-refractivity contribution in [2.75, 3.05) is 6.54 Å². The van der Waals surface area contributed by atoms with Crippen LogP contribution in [0, 0.1) is 0 Å². The lowest BCUT2D eigenvalue weighted by Gasteiger charge is -2.02. The van der Waals surface area contributed by atoms with Gasteiger partial charge in [0, 0.05) is 6.54 Å². The van der Waals surface area contributed by atoms with Crippen molar-refractivity contribution in [3.8, 4) is 0 Å². The molecule has 0 aliphatic carbocycles. The third-order valence-corrected chi connectivity index (χ3v) is 2.12. The molecule has 4 heteroatoms. The van der Waals surface area contributed by atoms with E-state index in [1.807, 2.05) is 30.3 Å². The van der Waals surface area contributed by atoms with Crippen LogP contribution in [0.4, 0.5) is 4.79 Å². The number of benzene rings is 1.